The van der Waals surface area contributed by atoms with Gasteiger partial charge in [0, 0.05) is 37.3 Å². The van der Waals surface area contributed by atoms with Gasteiger partial charge in [0.2, 0.25) is 5.89 Å². The average molecular weight is 332 g/mol. The number of anilines is 1. The van der Waals surface area contributed by atoms with Gasteiger partial charge in [-0.05, 0) is 31.2 Å². The Bertz CT molecular complexity index is 669. The van der Waals surface area contributed by atoms with E-state index in [1.807, 2.05) is 12.1 Å². The zero-order valence-electron chi connectivity index (χ0n) is 14.8. The maximum absolute atomic E-state index is 13.0. The first-order valence-corrected chi connectivity index (χ1v) is 8.43. The number of hydrogen-bond acceptors (Lipinski definition) is 5. The average Bonchev–Trinajstić information content (AvgIpc) is 3.05. The summed E-state index contributed by atoms with van der Waals surface area (Å²) in [7, 11) is 0. The largest absolute Gasteiger partial charge is 0.369 e. The molecule has 0 radical (unpaired) electrons. The van der Waals surface area contributed by atoms with Crippen LogP contribution in [0.1, 0.15) is 45.5 Å². The fourth-order valence-electron chi connectivity index (χ4n) is 2.89. The van der Waals surface area contributed by atoms with Crippen LogP contribution in [0, 0.1) is 5.82 Å². The fourth-order valence-corrected chi connectivity index (χ4v) is 2.89. The molecule has 0 saturated carbocycles. The summed E-state index contributed by atoms with van der Waals surface area (Å²) in [4.78, 5) is 9.19. The molecule has 1 aromatic carbocycles. The Kier molecular flexibility index (Phi) is 4.58. The first kappa shape index (κ1) is 16.9. The Labute approximate surface area is 142 Å². The Morgan fingerprint density at radius 1 is 1.08 bits per heavy atom. The Morgan fingerprint density at radius 2 is 1.71 bits per heavy atom. The zero-order chi connectivity index (χ0) is 17.3. The SMILES string of the molecule is CC(c1nc(C(C)(C)C)no1)N1CCN(c2ccc(F)cc2)CC1. The normalized spacial score (nSPS) is 18.0. The molecular formula is C18H25FN4O. The van der Waals surface area contributed by atoms with Crippen LogP contribution < -0.4 is 4.90 Å². The maximum atomic E-state index is 13.0. The van der Waals surface area contributed by atoms with Crippen LogP contribution in [-0.4, -0.2) is 41.2 Å². The highest BCUT2D eigenvalue weighted by molar-refractivity contribution is 5.46. The summed E-state index contributed by atoms with van der Waals surface area (Å²) < 4.78 is 18.5. The highest BCUT2D eigenvalue weighted by atomic mass is 19.1. The molecule has 2 heterocycles. The van der Waals surface area contributed by atoms with Crippen molar-refractivity contribution in [1.82, 2.24) is 15.0 Å². The van der Waals surface area contributed by atoms with Crippen molar-refractivity contribution in [2.24, 2.45) is 0 Å². The van der Waals surface area contributed by atoms with Gasteiger partial charge in [0.15, 0.2) is 5.82 Å². The van der Waals surface area contributed by atoms with Crippen LogP contribution in [0.4, 0.5) is 10.1 Å². The second kappa shape index (κ2) is 6.51. The molecule has 24 heavy (non-hydrogen) atoms. The third-order valence-electron chi connectivity index (χ3n) is 4.52. The number of aromatic nitrogens is 2. The number of hydrogen-bond donors (Lipinski definition) is 0. The minimum absolute atomic E-state index is 0.101. The summed E-state index contributed by atoms with van der Waals surface area (Å²) in [6.07, 6.45) is 0. The molecule has 0 spiro atoms. The van der Waals surface area contributed by atoms with E-state index in [4.69, 9.17) is 4.52 Å². The molecule has 0 aliphatic carbocycles. The summed E-state index contributed by atoms with van der Waals surface area (Å²) >= 11 is 0. The van der Waals surface area contributed by atoms with E-state index in [-0.39, 0.29) is 17.3 Å². The van der Waals surface area contributed by atoms with E-state index in [9.17, 15) is 4.39 Å². The molecule has 130 valence electrons. The lowest BCUT2D eigenvalue weighted by Gasteiger charge is -2.38. The Hall–Kier alpha value is -1.95. The third kappa shape index (κ3) is 3.59. The van der Waals surface area contributed by atoms with E-state index in [2.05, 4.69) is 47.6 Å². The van der Waals surface area contributed by atoms with Crippen molar-refractivity contribution in [2.75, 3.05) is 31.1 Å². The monoisotopic (exact) mass is 332 g/mol. The second-order valence-electron chi connectivity index (χ2n) is 7.38. The Balaban J connectivity index is 1.61. The van der Waals surface area contributed by atoms with Crippen molar-refractivity contribution in [2.45, 2.75) is 39.2 Å². The summed E-state index contributed by atoms with van der Waals surface area (Å²) in [5, 5.41) is 4.12. The Morgan fingerprint density at radius 3 is 2.25 bits per heavy atom. The van der Waals surface area contributed by atoms with Gasteiger partial charge in [-0.1, -0.05) is 25.9 Å². The molecule has 0 N–H and O–H groups in total. The zero-order valence-corrected chi connectivity index (χ0v) is 14.8. The van der Waals surface area contributed by atoms with E-state index in [0.29, 0.717) is 5.89 Å². The molecule has 5 nitrogen and oxygen atoms in total. The quantitative estimate of drug-likeness (QED) is 0.862. The molecule has 1 fully saturated rings. The molecule has 1 aliphatic rings. The lowest BCUT2D eigenvalue weighted by atomic mass is 9.96. The van der Waals surface area contributed by atoms with E-state index >= 15 is 0 Å². The van der Waals surface area contributed by atoms with Crippen LogP contribution in [0.25, 0.3) is 0 Å². The van der Waals surface area contributed by atoms with Crippen LogP contribution in [0.2, 0.25) is 0 Å². The molecule has 0 bridgehead atoms. The first-order valence-electron chi connectivity index (χ1n) is 8.43. The van der Waals surface area contributed by atoms with Crippen molar-refractivity contribution < 1.29 is 8.91 Å². The van der Waals surface area contributed by atoms with Crippen molar-refractivity contribution in [3.63, 3.8) is 0 Å². The van der Waals surface area contributed by atoms with Crippen LogP contribution in [0.3, 0.4) is 0 Å². The molecule has 1 unspecified atom stereocenters. The van der Waals surface area contributed by atoms with Crippen LogP contribution in [-0.2, 0) is 5.41 Å². The van der Waals surface area contributed by atoms with E-state index in [0.717, 1.165) is 37.7 Å². The number of rotatable bonds is 3. The predicted octanol–water partition coefficient (Wildman–Crippen LogP) is 3.39. The first-order chi connectivity index (χ1) is 11.3. The number of nitrogens with zero attached hydrogens (tertiary/aromatic N) is 4. The van der Waals surface area contributed by atoms with Gasteiger partial charge in [-0.3, -0.25) is 4.90 Å². The lowest BCUT2D eigenvalue weighted by molar-refractivity contribution is 0.164. The maximum Gasteiger partial charge on any atom is 0.243 e. The summed E-state index contributed by atoms with van der Waals surface area (Å²) in [6.45, 7) is 12.0. The summed E-state index contributed by atoms with van der Waals surface area (Å²) in [5.41, 5.74) is 0.958. The highest BCUT2D eigenvalue weighted by Gasteiger charge is 2.28. The highest BCUT2D eigenvalue weighted by Crippen LogP contribution is 2.25. The predicted molar refractivity (Wildman–Crippen MR) is 91.6 cm³/mol. The third-order valence-corrected chi connectivity index (χ3v) is 4.52. The second-order valence-corrected chi connectivity index (χ2v) is 7.38. The van der Waals surface area contributed by atoms with Gasteiger partial charge in [0.25, 0.3) is 0 Å². The van der Waals surface area contributed by atoms with Crippen molar-refractivity contribution in [3.8, 4) is 0 Å². The summed E-state index contributed by atoms with van der Waals surface area (Å²) in [5.74, 6) is 1.22. The molecule has 0 amide bonds. The number of piperazine rings is 1. The molecule has 1 saturated heterocycles. The van der Waals surface area contributed by atoms with Crippen LogP contribution in [0.5, 0.6) is 0 Å². The van der Waals surface area contributed by atoms with Gasteiger partial charge in [-0.25, -0.2) is 4.39 Å². The van der Waals surface area contributed by atoms with Gasteiger partial charge in [-0.15, -0.1) is 0 Å². The van der Waals surface area contributed by atoms with Gasteiger partial charge >= 0.3 is 0 Å². The standard InChI is InChI=1S/C18H25FN4O/c1-13(16-20-17(21-24-16)18(2,3)4)22-9-11-23(12-10-22)15-7-5-14(19)6-8-15/h5-8,13H,9-12H2,1-4H3. The number of benzene rings is 1. The van der Waals surface area contributed by atoms with Crippen LogP contribution in [0.15, 0.2) is 28.8 Å². The fraction of sp³-hybridized carbons (Fsp3) is 0.556. The minimum Gasteiger partial charge on any atom is -0.369 e. The van der Waals surface area contributed by atoms with Gasteiger partial charge in [0.1, 0.15) is 5.82 Å². The van der Waals surface area contributed by atoms with Gasteiger partial charge in [-0.2, -0.15) is 4.98 Å². The molecule has 3 rings (SSSR count). The lowest BCUT2D eigenvalue weighted by Crippen LogP contribution is -2.47. The summed E-state index contributed by atoms with van der Waals surface area (Å²) in [6, 6.07) is 6.79. The van der Waals surface area contributed by atoms with Gasteiger partial charge < -0.3 is 9.42 Å². The molecular weight excluding hydrogens is 307 g/mol. The molecule has 6 heteroatoms. The van der Waals surface area contributed by atoms with E-state index in [1.54, 1.807) is 0 Å². The van der Waals surface area contributed by atoms with E-state index in [1.165, 1.54) is 12.1 Å². The van der Waals surface area contributed by atoms with Crippen LogP contribution >= 0.6 is 0 Å². The topological polar surface area (TPSA) is 45.4 Å². The van der Waals surface area contributed by atoms with Gasteiger partial charge in [0.05, 0.1) is 6.04 Å². The number of halogens is 1. The molecule has 1 atom stereocenters. The van der Waals surface area contributed by atoms with Crippen molar-refractivity contribution in [3.05, 3.63) is 41.8 Å². The molecule has 1 aliphatic heterocycles. The van der Waals surface area contributed by atoms with Crippen molar-refractivity contribution >= 4 is 5.69 Å². The van der Waals surface area contributed by atoms with Crippen molar-refractivity contribution in [1.29, 1.82) is 0 Å². The molecule has 1 aromatic heterocycles. The minimum atomic E-state index is -0.197. The smallest absolute Gasteiger partial charge is 0.243 e. The van der Waals surface area contributed by atoms with E-state index < -0.39 is 0 Å². The molecule has 2 aromatic rings.